The Hall–Kier alpha value is -3.14. The molecule has 0 bridgehead atoms. The quantitative estimate of drug-likeness (QED) is 0.155. The average Bonchev–Trinajstić information content (AvgIpc) is 3.76. The second-order valence-corrected chi connectivity index (χ2v) is 10.8. The van der Waals surface area contributed by atoms with Gasteiger partial charge in [-0.25, -0.2) is 9.97 Å². The Bertz CT molecular complexity index is 1690. The van der Waals surface area contributed by atoms with Crippen molar-refractivity contribution < 1.29 is 80.0 Å². The van der Waals surface area contributed by atoms with E-state index in [1.807, 2.05) is 0 Å². The van der Waals surface area contributed by atoms with Crippen LogP contribution in [0.15, 0.2) is 48.5 Å². The molecule has 6 rings (SSSR count). The summed E-state index contributed by atoms with van der Waals surface area (Å²) in [5, 5.41) is 24.6. The predicted octanol–water partition coefficient (Wildman–Crippen LogP) is 8.16. The fraction of sp³-hybridized carbons (Fsp3) is 0.176. The van der Waals surface area contributed by atoms with E-state index < -0.39 is 81.6 Å². The molecule has 2 aliphatic rings. The van der Waals surface area contributed by atoms with E-state index in [1.165, 1.54) is 63.5 Å². The third kappa shape index (κ3) is 8.91. The molecule has 0 amide bonds. The van der Waals surface area contributed by atoms with Crippen molar-refractivity contribution in [1.82, 2.24) is 9.97 Å². The number of benzene rings is 2. The van der Waals surface area contributed by atoms with Gasteiger partial charge < -0.3 is 10.2 Å². The van der Waals surface area contributed by atoms with E-state index in [0.717, 1.165) is 12.1 Å². The monoisotopic (exact) mass is 770 g/mol. The van der Waals surface area contributed by atoms with Crippen LogP contribution in [0.3, 0.4) is 0 Å². The van der Waals surface area contributed by atoms with Gasteiger partial charge in [0.1, 0.15) is 11.4 Å². The molecule has 268 valence electrons. The Morgan fingerprint density at radius 2 is 0.784 bits per heavy atom. The molecule has 2 saturated carbocycles. The maximum atomic E-state index is 13.2. The molecule has 2 aromatic heterocycles. The third-order valence-electron chi connectivity index (χ3n) is 7.48. The van der Waals surface area contributed by atoms with E-state index >= 15 is 0 Å². The van der Waals surface area contributed by atoms with Crippen LogP contribution in [-0.2, 0) is 41.8 Å². The second kappa shape index (κ2) is 15.1. The van der Waals surface area contributed by atoms with Crippen molar-refractivity contribution in [3.05, 3.63) is 145 Å². The molecule has 0 N–H and O–H groups in total. The van der Waals surface area contributed by atoms with Crippen LogP contribution in [0.25, 0.3) is 21.8 Å². The smallest absolute Gasteiger partial charge is 0.848 e. The minimum absolute atomic E-state index is 0. The van der Waals surface area contributed by atoms with Gasteiger partial charge in [-0.2, -0.15) is 52.7 Å². The van der Waals surface area contributed by atoms with Gasteiger partial charge in [-0.1, -0.05) is 36.5 Å². The molecule has 2 unspecified atom stereocenters. The van der Waals surface area contributed by atoms with Crippen LogP contribution < -0.4 is 10.2 Å². The van der Waals surface area contributed by atoms with Crippen molar-refractivity contribution in [3.8, 4) is 0 Å². The second-order valence-electron chi connectivity index (χ2n) is 10.8. The van der Waals surface area contributed by atoms with E-state index in [-0.39, 0.29) is 39.7 Å². The minimum Gasteiger partial charge on any atom is -0.848 e. The number of halogens is 12. The summed E-state index contributed by atoms with van der Waals surface area (Å²) in [4.78, 5) is 6.31. The first kappa shape index (κ1) is 40.6. The SMILES string of the molecule is [Fe+2].[O-]C([C]1[CH][CH][CH][CH]1)c1cc(C(F)(F)F)nc2c(C(F)(F)F)cccc12.[O-]C([C]1[CH][CH][CH][CH]1)c1cc(C(F)(F)F)nc2c(C(F)(F)F)cccc12. The maximum absolute atomic E-state index is 13.2. The molecule has 4 nitrogen and oxygen atoms in total. The Kier molecular flexibility index (Phi) is 12.0. The van der Waals surface area contributed by atoms with Crippen molar-refractivity contribution in [2.45, 2.75) is 36.9 Å². The van der Waals surface area contributed by atoms with Crippen molar-refractivity contribution in [2.24, 2.45) is 0 Å². The zero-order chi connectivity index (χ0) is 36.8. The summed E-state index contributed by atoms with van der Waals surface area (Å²) in [6.45, 7) is 0. The van der Waals surface area contributed by atoms with Gasteiger partial charge >= 0.3 is 41.8 Å². The molecule has 4 aromatic rings. The standard InChI is InChI=1S/2C17H9F6NO.Fe/c2*18-16(19,20)12-7-3-6-10-11(15(25)9-4-1-2-5-9)8-13(17(21,22)23)24-14(10)12;/h2*1-8,15H;/q2*-1;+2. The topological polar surface area (TPSA) is 71.9 Å². The van der Waals surface area contributed by atoms with Crippen LogP contribution in [0.2, 0.25) is 0 Å². The number of hydrogen-bond acceptors (Lipinski definition) is 4. The molecule has 2 atom stereocenters. The van der Waals surface area contributed by atoms with E-state index in [4.69, 9.17) is 0 Å². The molecule has 2 aliphatic carbocycles. The van der Waals surface area contributed by atoms with Crippen LogP contribution in [0.5, 0.6) is 0 Å². The number of rotatable bonds is 4. The van der Waals surface area contributed by atoms with Gasteiger partial charge in [0, 0.05) is 10.8 Å². The van der Waals surface area contributed by atoms with Gasteiger partial charge in [0.15, 0.2) is 0 Å². The predicted molar refractivity (Wildman–Crippen MR) is 150 cm³/mol. The van der Waals surface area contributed by atoms with Crippen molar-refractivity contribution in [2.75, 3.05) is 0 Å². The van der Waals surface area contributed by atoms with Gasteiger partial charge in [0.25, 0.3) is 0 Å². The van der Waals surface area contributed by atoms with Gasteiger partial charge in [-0.3, -0.25) is 0 Å². The van der Waals surface area contributed by atoms with Gasteiger partial charge in [0.05, 0.1) is 22.2 Å². The molecule has 0 saturated heterocycles. The van der Waals surface area contributed by atoms with Gasteiger partial charge in [-0.15, -0.1) is 0 Å². The largest absolute Gasteiger partial charge is 2.00 e. The number of aromatic nitrogens is 2. The number of alkyl halides is 12. The average molecular weight is 770 g/mol. The first-order valence-electron chi connectivity index (χ1n) is 14.1. The molecular formula is C34H18F12FeN2O2. The van der Waals surface area contributed by atoms with Gasteiger partial charge in [0.2, 0.25) is 0 Å². The van der Waals surface area contributed by atoms with Gasteiger partial charge in [-0.05, 0) is 98.6 Å². The zero-order valence-electron chi connectivity index (χ0n) is 25.0. The fourth-order valence-electron chi connectivity index (χ4n) is 5.22. The Morgan fingerprint density at radius 1 is 0.471 bits per heavy atom. The molecule has 2 fully saturated rings. The van der Waals surface area contributed by atoms with Crippen LogP contribution in [0.1, 0.15) is 45.8 Å². The molecule has 0 spiro atoms. The summed E-state index contributed by atoms with van der Waals surface area (Å²) in [7, 11) is 0. The van der Waals surface area contributed by atoms with E-state index in [9.17, 15) is 62.9 Å². The molecule has 2 aromatic carbocycles. The maximum Gasteiger partial charge on any atom is 2.00 e. The number of pyridine rings is 2. The zero-order valence-corrected chi connectivity index (χ0v) is 26.1. The fourth-order valence-corrected chi connectivity index (χ4v) is 5.22. The minimum atomic E-state index is -4.98. The summed E-state index contributed by atoms with van der Waals surface area (Å²) in [5.41, 5.74) is -8.24. The third-order valence-corrected chi connectivity index (χ3v) is 7.48. The first-order chi connectivity index (χ1) is 23.2. The summed E-state index contributed by atoms with van der Waals surface area (Å²) >= 11 is 0. The van der Waals surface area contributed by atoms with Crippen LogP contribution in [0, 0.1) is 63.2 Å². The summed E-state index contributed by atoms with van der Waals surface area (Å²) in [6.07, 6.45) is -11.5. The number of fused-ring (bicyclic) bond motifs is 2. The van der Waals surface area contributed by atoms with E-state index in [1.54, 1.807) is 0 Å². The Balaban J connectivity index is 0.000000224. The number of para-hydroxylation sites is 2. The van der Waals surface area contributed by atoms with Crippen molar-refractivity contribution in [3.63, 3.8) is 0 Å². The summed E-state index contributed by atoms with van der Waals surface area (Å²) in [5.74, 6) is 0.330. The Labute approximate surface area is 293 Å². The molecule has 51 heavy (non-hydrogen) atoms. The van der Waals surface area contributed by atoms with Crippen LogP contribution in [0.4, 0.5) is 52.7 Å². The van der Waals surface area contributed by atoms with Crippen LogP contribution in [-0.4, -0.2) is 9.97 Å². The number of hydrogen-bond donors (Lipinski definition) is 0. The summed E-state index contributed by atoms with van der Waals surface area (Å²) < 4.78 is 157. The Morgan fingerprint density at radius 3 is 1.06 bits per heavy atom. The summed E-state index contributed by atoms with van der Waals surface area (Å²) in [6, 6.07) is 6.74. The normalized spacial score (nSPS) is 17.7. The van der Waals surface area contributed by atoms with E-state index in [2.05, 4.69) is 9.97 Å². The molecule has 17 heteroatoms. The number of nitrogens with zero attached hydrogens (tertiary/aromatic N) is 2. The molecule has 0 aliphatic heterocycles. The first-order valence-corrected chi connectivity index (χ1v) is 14.1. The van der Waals surface area contributed by atoms with Crippen LogP contribution >= 0.6 is 0 Å². The molecule has 10 radical (unpaired) electrons. The molecule has 2 heterocycles. The molecular weight excluding hydrogens is 752 g/mol. The van der Waals surface area contributed by atoms with Crippen molar-refractivity contribution >= 4 is 21.8 Å². The van der Waals surface area contributed by atoms with E-state index in [0.29, 0.717) is 24.3 Å². The van der Waals surface area contributed by atoms with Crippen molar-refractivity contribution in [1.29, 1.82) is 0 Å².